The van der Waals surface area contributed by atoms with Gasteiger partial charge in [0, 0.05) is 16.3 Å². The topological polar surface area (TPSA) is 66.9 Å². The Labute approximate surface area is 171 Å². The van der Waals surface area contributed by atoms with Crippen molar-refractivity contribution in [1.82, 2.24) is 10.2 Å². The van der Waals surface area contributed by atoms with Gasteiger partial charge in [-0.2, -0.15) is 0 Å². The van der Waals surface area contributed by atoms with Crippen molar-refractivity contribution in [1.29, 1.82) is 0 Å². The lowest BCUT2D eigenvalue weighted by molar-refractivity contribution is -0.115. The lowest BCUT2D eigenvalue weighted by atomic mass is 10.3. The van der Waals surface area contributed by atoms with Crippen LogP contribution in [-0.2, 0) is 4.79 Å². The number of hydrogen-bond acceptors (Lipinski definition) is 7. The fourth-order valence-corrected chi connectivity index (χ4v) is 5.08. The van der Waals surface area contributed by atoms with Gasteiger partial charge in [-0.1, -0.05) is 65.2 Å². The molecule has 0 saturated carbocycles. The minimum Gasteiger partial charge on any atom is -0.360 e. The highest BCUT2D eigenvalue weighted by Crippen LogP contribution is 2.34. The van der Waals surface area contributed by atoms with E-state index in [4.69, 9.17) is 0 Å². The van der Waals surface area contributed by atoms with E-state index in [9.17, 15) is 4.79 Å². The van der Waals surface area contributed by atoms with Crippen LogP contribution in [0.5, 0.6) is 0 Å². The van der Waals surface area contributed by atoms with Crippen LogP contribution in [0.2, 0.25) is 0 Å². The standard InChI is InChI=1S/C19H20N4OS3/c1-3-20-18-22-23-19(27-18)25-13(2)17(24)21-15-11-7-8-12-16(15)26-14-9-5-4-6-10-14/h4-13H,3H2,1-2H3,(H,20,22)(H,21,24)/t13-/m0/s1. The van der Waals surface area contributed by atoms with Crippen LogP contribution in [0.15, 0.2) is 68.7 Å². The van der Waals surface area contributed by atoms with E-state index in [1.807, 2.05) is 56.3 Å². The number of amides is 1. The molecule has 1 amide bonds. The molecule has 8 heteroatoms. The highest BCUT2D eigenvalue weighted by molar-refractivity contribution is 8.02. The maximum Gasteiger partial charge on any atom is 0.237 e. The van der Waals surface area contributed by atoms with Gasteiger partial charge in [-0.05, 0) is 38.1 Å². The lowest BCUT2D eigenvalue weighted by Crippen LogP contribution is -2.22. The average Bonchev–Trinajstić information content (AvgIpc) is 3.11. The first-order valence-corrected chi connectivity index (χ1v) is 11.0. The predicted octanol–water partition coefficient (Wildman–Crippen LogP) is 5.24. The number of carbonyl (C=O) groups excluding carboxylic acids is 1. The highest BCUT2D eigenvalue weighted by Gasteiger charge is 2.18. The molecule has 3 aromatic rings. The summed E-state index contributed by atoms with van der Waals surface area (Å²) in [5.74, 6) is -0.0543. The largest absolute Gasteiger partial charge is 0.360 e. The number of para-hydroxylation sites is 1. The van der Waals surface area contributed by atoms with Crippen LogP contribution in [0.1, 0.15) is 13.8 Å². The number of aromatic nitrogens is 2. The Morgan fingerprint density at radius 1 is 1.11 bits per heavy atom. The minimum absolute atomic E-state index is 0.0543. The first kappa shape index (κ1) is 19.7. The molecule has 0 fully saturated rings. The molecule has 3 rings (SSSR count). The summed E-state index contributed by atoms with van der Waals surface area (Å²) in [6.45, 7) is 4.68. The average molecular weight is 417 g/mol. The Bertz CT molecular complexity index is 885. The molecule has 2 N–H and O–H groups in total. The second-order valence-electron chi connectivity index (χ2n) is 5.56. The van der Waals surface area contributed by atoms with Gasteiger partial charge in [0.2, 0.25) is 11.0 Å². The molecular weight excluding hydrogens is 396 g/mol. The molecule has 0 unspecified atom stereocenters. The van der Waals surface area contributed by atoms with Gasteiger partial charge in [0.25, 0.3) is 0 Å². The van der Waals surface area contributed by atoms with Crippen molar-refractivity contribution < 1.29 is 4.79 Å². The van der Waals surface area contributed by atoms with Gasteiger partial charge in [-0.15, -0.1) is 10.2 Å². The number of benzene rings is 2. The Morgan fingerprint density at radius 2 is 1.85 bits per heavy atom. The maximum atomic E-state index is 12.7. The number of rotatable bonds is 8. The van der Waals surface area contributed by atoms with E-state index in [-0.39, 0.29) is 11.2 Å². The molecule has 0 spiro atoms. The number of nitrogens with one attached hydrogen (secondary N) is 2. The van der Waals surface area contributed by atoms with Crippen LogP contribution in [0.25, 0.3) is 0 Å². The molecule has 0 radical (unpaired) electrons. The summed E-state index contributed by atoms with van der Waals surface area (Å²) in [7, 11) is 0. The summed E-state index contributed by atoms with van der Waals surface area (Å²) in [4.78, 5) is 14.8. The van der Waals surface area contributed by atoms with Crippen LogP contribution < -0.4 is 10.6 Å². The molecule has 1 heterocycles. The maximum absolute atomic E-state index is 12.7. The van der Waals surface area contributed by atoms with Crippen molar-refractivity contribution >= 4 is 51.6 Å². The monoisotopic (exact) mass is 416 g/mol. The third-order valence-electron chi connectivity index (χ3n) is 3.50. The normalized spacial score (nSPS) is 11.8. The highest BCUT2D eigenvalue weighted by atomic mass is 32.2. The number of carbonyl (C=O) groups is 1. The third-order valence-corrected chi connectivity index (χ3v) is 6.65. The minimum atomic E-state index is -0.276. The van der Waals surface area contributed by atoms with Gasteiger partial charge in [-0.3, -0.25) is 4.79 Å². The molecule has 0 aliphatic rings. The van der Waals surface area contributed by atoms with Crippen LogP contribution >= 0.6 is 34.9 Å². The predicted molar refractivity (Wildman–Crippen MR) is 115 cm³/mol. The quantitative estimate of drug-likeness (QED) is 0.490. The van der Waals surface area contributed by atoms with Gasteiger partial charge in [0.05, 0.1) is 10.9 Å². The summed E-state index contributed by atoms with van der Waals surface area (Å²) in [5.41, 5.74) is 0.814. The molecule has 0 aliphatic carbocycles. The summed E-state index contributed by atoms with van der Waals surface area (Å²) in [6.07, 6.45) is 0. The molecule has 1 atom stereocenters. The van der Waals surface area contributed by atoms with Crippen molar-refractivity contribution in [3.8, 4) is 0 Å². The van der Waals surface area contributed by atoms with Crippen LogP contribution in [0, 0.1) is 0 Å². The molecule has 0 aliphatic heterocycles. The molecule has 0 saturated heterocycles. The van der Waals surface area contributed by atoms with Crippen molar-refractivity contribution in [2.45, 2.75) is 33.2 Å². The van der Waals surface area contributed by atoms with Gasteiger partial charge in [0.15, 0.2) is 4.34 Å². The summed E-state index contributed by atoms with van der Waals surface area (Å²) in [5, 5.41) is 14.9. The van der Waals surface area contributed by atoms with Crippen molar-refractivity contribution in [2.75, 3.05) is 17.2 Å². The zero-order valence-corrected chi connectivity index (χ0v) is 17.5. The third kappa shape index (κ3) is 5.72. The van der Waals surface area contributed by atoms with Gasteiger partial charge >= 0.3 is 0 Å². The Balaban J connectivity index is 1.64. The summed E-state index contributed by atoms with van der Waals surface area (Å²) >= 11 is 4.50. The molecule has 1 aromatic heterocycles. The summed E-state index contributed by atoms with van der Waals surface area (Å²) in [6, 6.07) is 18.0. The van der Waals surface area contributed by atoms with Crippen molar-refractivity contribution in [3.05, 3.63) is 54.6 Å². The number of nitrogens with zero attached hydrogens (tertiary/aromatic N) is 2. The van der Waals surface area contributed by atoms with Crippen LogP contribution in [0.3, 0.4) is 0 Å². The second-order valence-corrected chi connectivity index (χ2v) is 9.24. The molecule has 5 nitrogen and oxygen atoms in total. The van der Waals surface area contributed by atoms with E-state index in [0.29, 0.717) is 0 Å². The number of hydrogen-bond donors (Lipinski definition) is 2. The van der Waals surface area contributed by atoms with Gasteiger partial charge < -0.3 is 10.6 Å². The smallest absolute Gasteiger partial charge is 0.237 e. The van der Waals surface area contributed by atoms with Crippen molar-refractivity contribution in [3.63, 3.8) is 0 Å². The number of anilines is 2. The van der Waals surface area contributed by atoms with E-state index >= 15 is 0 Å². The van der Waals surface area contributed by atoms with E-state index in [0.717, 1.165) is 31.5 Å². The zero-order valence-electron chi connectivity index (χ0n) is 15.0. The zero-order chi connectivity index (χ0) is 19.1. The Hall–Kier alpha value is -2.03. The summed E-state index contributed by atoms with van der Waals surface area (Å²) < 4.78 is 0.778. The van der Waals surface area contributed by atoms with E-state index in [2.05, 4.69) is 33.0 Å². The van der Waals surface area contributed by atoms with E-state index in [1.165, 1.54) is 23.1 Å². The number of thioether (sulfide) groups is 1. The van der Waals surface area contributed by atoms with E-state index < -0.39 is 0 Å². The molecule has 0 bridgehead atoms. The molecule has 27 heavy (non-hydrogen) atoms. The SMILES string of the molecule is CCNc1nnc(S[C@@H](C)C(=O)Nc2ccccc2Sc2ccccc2)s1. The van der Waals surface area contributed by atoms with E-state index in [1.54, 1.807) is 11.8 Å². The fraction of sp³-hybridized carbons (Fsp3) is 0.211. The van der Waals surface area contributed by atoms with Crippen LogP contribution in [-0.4, -0.2) is 27.9 Å². The molecule has 2 aromatic carbocycles. The second kappa shape index (κ2) is 9.77. The van der Waals surface area contributed by atoms with Crippen LogP contribution in [0.4, 0.5) is 10.8 Å². The fourth-order valence-electron chi connectivity index (χ4n) is 2.19. The molecule has 140 valence electrons. The first-order chi connectivity index (χ1) is 13.2. The van der Waals surface area contributed by atoms with Crippen molar-refractivity contribution in [2.24, 2.45) is 0 Å². The Morgan fingerprint density at radius 3 is 2.63 bits per heavy atom. The lowest BCUT2D eigenvalue weighted by Gasteiger charge is -2.13. The van der Waals surface area contributed by atoms with Gasteiger partial charge in [-0.25, -0.2) is 0 Å². The Kier molecular flexibility index (Phi) is 7.14. The van der Waals surface area contributed by atoms with Gasteiger partial charge in [0.1, 0.15) is 0 Å². The first-order valence-electron chi connectivity index (χ1n) is 8.52. The molecular formula is C19H20N4OS3.